The second-order valence-electron chi connectivity index (χ2n) is 8.90. The third-order valence-electron chi connectivity index (χ3n) is 5.52. The van der Waals surface area contributed by atoms with Crippen molar-refractivity contribution >= 4 is 48.5 Å². The normalized spacial score (nSPS) is 11.5. The predicted octanol–water partition coefficient (Wildman–Crippen LogP) is 6.04. The molecule has 0 heterocycles. The van der Waals surface area contributed by atoms with E-state index in [1.165, 1.54) is 38.0 Å². The van der Waals surface area contributed by atoms with Crippen LogP contribution in [0.5, 0.6) is 0 Å². The molecule has 0 spiro atoms. The predicted molar refractivity (Wildman–Crippen MR) is 143 cm³/mol. The fraction of sp³-hybridized carbons (Fsp3) is 0.143. The second kappa shape index (κ2) is 9.22. The van der Waals surface area contributed by atoms with Gasteiger partial charge in [-0.05, 0) is 42.3 Å². The van der Waals surface area contributed by atoms with Crippen molar-refractivity contribution in [1.29, 1.82) is 0 Å². The third kappa shape index (κ3) is 4.82. The highest BCUT2D eigenvalue weighted by Gasteiger charge is 2.27. The van der Waals surface area contributed by atoms with Gasteiger partial charge in [0.25, 0.3) is 0 Å². The quantitative estimate of drug-likeness (QED) is 0.285. The van der Waals surface area contributed by atoms with Crippen LogP contribution in [0.2, 0.25) is 19.6 Å². The first-order chi connectivity index (χ1) is 14.9. The number of rotatable bonds is 6. The van der Waals surface area contributed by atoms with E-state index in [1.807, 2.05) is 0 Å². The number of benzene rings is 4. The van der Waals surface area contributed by atoms with E-state index in [4.69, 9.17) is 0 Å². The Morgan fingerprint density at radius 3 is 1.71 bits per heavy atom. The van der Waals surface area contributed by atoms with Crippen LogP contribution in [0.1, 0.15) is 5.56 Å². The van der Waals surface area contributed by atoms with Crippen LogP contribution < -0.4 is 26.4 Å². The van der Waals surface area contributed by atoms with Crippen molar-refractivity contribution in [2.24, 2.45) is 0 Å². The van der Waals surface area contributed by atoms with Crippen LogP contribution in [-0.2, 0) is 0 Å². The van der Waals surface area contributed by atoms with Gasteiger partial charge in [-0.1, -0.05) is 117 Å². The molecule has 4 rings (SSSR count). The summed E-state index contributed by atoms with van der Waals surface area (Å²) >= 11 is 0. The first-order valence-corrected chi connectivity index (χ1v) is 15.7. The fourth-order valence-electron chi connectivity index (χ4n) is 3.91. The van der Waals surface area contributed by atoms with Gasteiger partial charge in [0.15, 0.2) is 0 Å². The maximum Gasteiger partial charge on any atom is 0.0803 e. The van der Waals surface area contributed by atoms with Crippen LogP contribution in [-0.4, -0.2) is 8.07 Å². The molecule has 0 bridgehead atoms. The lowest BCUT2D eigenvalue weighted by Crippen LogP contribution is -2.42. The summed E-state index contributed by atoms with van der Waals surface area (Å²) < 4.78 is 0. The molecule has 156 valence electrons. The lowest BCUT2D eigenvalue weighted by atomic mass is 10.2. The van der Waals surface area contributed by atoms with Crippen molar-refractivity contribution in [1.82, 2.24) is 0 Å². The topological polar surface area (TPSA) is 12.0 Å². The molecule has 0 unspecified atom stereocenters. The van der Waals surface area contributed by atoms with E-state index >= 15 is 0 Å². The summed E-state index contributed by atoms with van der Waals surface area (Å²) in [7, 11) is -2.26. The zero-order valence-electron chi connectivity index (χ0n) is 18.8. The summed E-state index contributed by atoms with van der Waals surface area (Å²) in [4.78, 5) is 0. The van der Waals surface area contributed by atoms with Gasteiger partial charge in [-0.2, -0.15) is 0 Å². The van der Waals surface area contributed by atoms with Gasteiger partial charge in [0.1, 0.15) is 0 Å². The minimum absolute atomic E-state index is 0.676. The summed E-state index contributed by atoms with van der Waals surface area (Å²) in [5, 5.41) is 9.52. The molecular formula is C28H30NPSi. The van der Waals surface area contributed by atoms with Gasteiger partial charge in [-0.25, -0.2) is 0 Å². The fourth-order valence-corrected chi connectivity index (χ4v) is 7.99. The number of hydrogen-bond donors (Lipinski definition) is 1. The van der Waals surface area contributed by atoms with Crippen molar-refractivity contribution in [2.45, 2.75) is 26.6 Å². The van der Waals surface area contributed by atoms with Gasteiger partial charge in [-0.3, -0.25) is 0 Å². The standard InChI is InChI=1S/C28H30NPSi/c1-22-14-11-12-19-25(22)29-28-26(20-13-21-27(28)31(2,3)4)30(23-15-7-5-8-16-23)24-17-9-6-10-18-24/h5-21,29H,1-4H3. The molecule has 4 aromatic carbocycles. The Kier molecular flexibility index (Phi) is 6.41. The summed E-state index contributed by atoms with van der Waals surface area (Å²) in [6.07, 6.45) is 0. The Balaban J connectivity index is 1.96. The summed E-state index contributed by atoms with van der Waals surface area (Å²) in [5.41, 5.74) is 3.75. The van der Waals surface area contributed by atoms with Crippen LogP contribution >= 0.6 is 7.92 Å². The average molecular weight is 440 g/mol. The van der Waals surface area contributed by atoms with E-state index in [9.17, 15) is 0 Å². The van der Waals surface area contributed by atoms with Crippen molar-refractivity contribution in [2.75, 3.05) is 5.32 Å². The highest BCUT2D eigenvalue weighted by Crippen LogP contribution is 2.36. The second-order valence-corrected chi connectivity index (χ2v) is 16.1. The van der Waals surface area contributed by atoms with Crippen molar-refractivity contribution in [3.05, 3.63) is 109 Å². The molecule has 0 amide bonds. The van der Waals surface area contributed by atoms with Crippen LogP contribution in [0, 0.1) is 6.92 Å². The Morgan fingerprint density at radius 1 is 0.613 bits per heavy atom. The molecule has 0 aliphatic heterocycles. The van der Waals surface area contributed by atoms with Crippen LogP contribution in [0.15, 0.2) is 103 Å². The third-order valence-corrected chi connectivity index (χ3v) is 10.0. The minimum atomic E-state index is -1.58. The van der Waals surface area contributed by atoms with Gasteiger partial charge in [-0.15, -0.1) is 0 Å². The number of aryl methyl sites for hydroxylation is 1. The van der Waals surface area contributed by atoms with Crippen LogP contribution in [0.3, 0.4) is 0 Å². The first kappa shape index (κ1) is 21.6. The number of para-hydroxylation sites is 2. The Bertz CT molecular complexity index is 1110. The Labute approximate surface area is 188 Å². The Hall–Kier alpha value is -2.67. The van der Waals surface area contributed by atoms with Gasteiger partial charge >= 0.3 is 0 Å². The SMILES string of the molecule is Cc1ccccc1Nc1c(P(c2ccccc2)c2ccccc2)cccc1[Si](C)(C)C. The van der Waals surface area contributed by atoms with Gasteiger partial charge in [0.2, 0.25) is 0 Å². The maximum atomic E-state index is 3.89. The molecule has 1 nitrogen and oxygen atoms in total. The summed E-state index contributed by atoms with van der Waals surface area (Å²) in [5.74, 6) is 0. The van der Waals surface area contributed by atoms with E-state index in [2.05, 4.69) is 135 Å². The number of anilines is 2. The van der Waals surface area contributed by atoms with E-state index in [-0.39, 0.29) is 0 Å². The molecule has 0 saturated carbocycles. The molecule has 0 aromatic heterocycles. The molecule has 31 heavy (non-hydrogen) atoms. The molecule has 0 atom stereocenters. The first-order valence-electron chi connectivity index (χ1n) is 10.8. The molecule has 0 radical (unpaired) electrons. The summed E-state index contributed by atoms with van der Waals surface area (Å²) in [6, 6.07) is 37.4. The lowest BCUT2D eigenvalue weighted by Gasteiger charge is -2.29. The van der Waals surface area contributed by atoms with Crippen LogP contribution in [0.4, 0.5) is 11.4 Å². The molecular weight excluding hydrogens is 409 g/mol. The molecule has 0 fully saturated rings. The average Bonchev–Trinajstić information content (AvgIpc) is 2.77. The van der Waals surface area contributed by atoms with Gasteiger partial charge in [0, 0.05) is 16.7 Å². The maximum absolute atomic E-state index is 3.89. The largest absolute Gasteiger partial charge is 0.355 e. The molecule has 1 N–H and O–H groups in total. The van der Waals surface area contributed by atoms with E-state index in [0.29, 0.717) is 0 Å². The lowest BCUT2D eigenvalue weighted by molar-refractivity contribution is 1.44. The van der Waals surface area contributed by atoms with Gasteiger partial charge in [0.05, 0.1) is 8.07 Å². The zero-order valence-corrected chi connectivity index (χ0v) is 20.7. The van der Waals surface area contributed by atoms with E-state index in [0.717, 1.165) is 0 Å². The molecule has 0 aliphatic carbocycles. The van der Waals surface area contributed by atoms with Crippen LogP contribution in [0.25, 0.3) is 0 Å². The van der Waals surface area contributed by atoms with E-state index in [1.54, 1.807) is 0 Å². The summed E-state index contributed by atoms with van der Waals surface area (Å²) in [6.45, 7) is 9.48. The molecule has 3 heteroatoms. The highest BCUT2D eigenvalue weighted by atomic mass is 31.1. The monoisotopic (exact) mass is 439 g/mol. The van der Waals surface area contributed by atoms with E-state index < -0.39 is 16.0 Å². The molecule has 4 aromatic rings. The number of hydrogen-bond acceptors (Lipinski definition) is 1. The minimum Gasteiger partial charge on any atom is -0.355 e. The van der Waals surface area contributed by atoms with Crippen molar-refractivity contribution in [3.63, 3.8) is 0 Å². The van der Waals surface area contributed by atoms with Gasteiger partial charge < -0.3 is 5.32 Å². The highest BCUT2D eigenvalue weighted by molar-refractivity contribution is 7.80. The van der Waals surface area contributed by atoms with Crippen molar-refractivity contribution in [3.8, 4) is 0 Å². The molecule has 0 aliphatic rings. The van der Waals surface area contributed by atoms with Crippen molar-refractivity contribution < 1.29 is 0 Å². The Morgan fingerprint density at radius 2 is 1.16 bits per heavy atom. The molecule has 0 saturated heterocycles. The number of nitrogens with one attached hydrogen (secondary N) is 1. The smallest absolute Gasteiger partial charge is 0.0803 e. The zero-order chi connectivity index (χ0) is 21.8.